The zero-order valence-corrected chi connectivity index (χ0v) is 14.7. The maximum Gasteiger partial charge on any atom is 0.232 e. The average Bonchev–Trinajstić information content (AvgIpc) is 2.61. The summed E-state index contributed by atoms with van der Waals surface area (Å²) in [4.78, 5) is 24.7. The molecule has 1 atom stereocenters. The molecule has 0 spiro atoms. The number of amides is 2. The van der Waals surface area contributed by atoms with Crippen LogP contribution >= 0.6 is 0 Å². The first-order valence-corrected chi connectivity index (χ1v) is 8.05. The van der Waals surface area contributed by atoms with E-state index in [0.29, 0.717) is 28.4 Å². The van der Waals surface area contributed by atoms with Crippen LogP contribution < -0.4 is 20.1 Å². The van der Waals surface area contributed by atoms with Crippen molar-refractivity contribution in [2.24, 2.45) is 0 Å². The van der Waals surface area contributed by atoms with Gasteiger partial charge in [0.15, 0.2) is 11.5 Å². The summed E-state index contributed by atoms with van der Waals surface area (Å²) in [6.45, 7) is 1.83. The Morgan fingerprint density at radius 2 is 1.88 bits per heavy atom. The average molecular weight is 358 g/mol. The third-order valence-corrected chi connectivity index (χ3v) is 4.36. The van der Waals surface area contributed by atoms with Crippen LogP contribution in [0.4, 0.5) is 15.8 Å². The van der Waals surface area contributed by atoms with E-state index in [9.17, 15) is 14.0 Å². The number of ether oxygens (including phenoxy) is 2. The van der Waals surface area contributed by atoms with E-state index < -0.39 is 11.7 Å². The molecule has 26 heavy (non-hydrogen) atoms. The molecule has 2 N–H and O–H groups in total. The first-order valence-electron chi connectivity index (χ1n) is 8.05. The van der Waals surface area contributed by atoms with Gasteiger partial charge in [-0.15, -0.1) is 0 Å². The summed E-state index contributed by atoms with van der Waals surface area (Å²) < 4.78 is 23.9. The van der Waals surface area contributed by atoms with Crippen LogP contribution in [-0.2, 0) is 9.59 Å². The lowest BCUT2D eigenvalue weighted by Gasteiger charge is -2.25. The van der Waals surface area contributed by atoms with E-state index in [1.54, 1.807) is 12.1 Å². The van der Waals surface area contributed by atoms with Crippen molar-refractivity contribution < 1.29 is 23.5 Å². The zero-order chi connectivity index (χ0) is 18.8. The highest BCUT2D eigenvalue weighted by Crippen LogP contribution is 2.36. The number of nitrogens with one attached hydrogen (secondary N) is 2. The maximum atomic E-state index is 13.4. The van der Waals surface area contributed by atoms with Gasteiger partial charge in [0, 0.05) is 23.9 Å². The fourth-order valence-electron chi connectivity index (χ4n) is 3.01. The lowest BCUT2D eigenvalue weighted by molar-refractivity contribution is -0.123. The van der Waals surface area contributed by atoms with E-state index in [1.807, 2.05) is 6.92 Å². The van der Waals surface area contributed by atoms with Crippen molar-refractivity contribution in [1.29, 1.82) is 0 Å². The normalized spacial score (nSPS) is 15.7. The number of methoxy groups -OCH3 is 2. The van der Waals surface area contributed by atoms with Gasteiger partial charge in [-0.1, -0.05) is 6.07 Å². The molecule has 2 amide bonds. The van der Waals surface area contributed by atoms with Crippen LogP contribution in [0.5, 0.6) is 11.5 Å². The number of halogens is 1. The van der Waals surface area contributed by atoms with Crippen LogP contribution in [0.3, 0.4) is 0 Å². The Morgan fingerprint density at radius 3 is 2.58 bits per heavy atom. The molecule has 1 aliphatic rings. The molecule has 2 aromatic carbocycles. The van der Waals surface area contributed by atoms with Gasteiger partial charge in [-0.25, -0.2) is 4.39 Å². The first kappa shape index (κ1) is 17.7. The molecule has 6 nitrogen and oxygen atoms in total. The number of benzene rings is 2. The van der Waals surface area contributed by atoms with Gasteiger partial charge in [0.1, 0.15) is 5.82 Å². The van der Waals surface area contributed by atoms with E-state index in [2.05, 4.69) is 10.6 Å². The molecule has 0 saturated carbocycles. The molecule has 7 heteroatoms. The zero-order valence-electron chi connectivity index (χ0n) is 14.7. The van der Waals surface area contributed by atoms with Gasteiger partial charge in [0.2, 0.25) is 11.8 Å². The summed E-state index contributed by atoms with van der Waals surface area (Å²) >= 11 is 0. The van der Waals surface area contributed by atoms with Crippen LogP contribution in [0, 0.1) is 12.7 Å². The highest BCUT2D eigenvalue weighted by Gasteiger charge is 2.31. The minimum absolute atomic E-state index is 0.00317. The molecule has 1 unspecified atom stereocenters. The molecule has 136 valence electrons. The van der Waals surface area contributed by atoms with Gasteiger partial charge in [-0.2, -0.15) is 0 Å². The molecule has 0 aliphatic carbocycles. The predicted octanol–water partition coefficient (Wildman–Crippen LogP) is 3.22. The molecular weight excluding hydrogens is 339 g/mol. The smallest absolute Gasteiger partial charge is 0.232 e. The largest absolute Gasteiger partial charge is 0.493 e. The van der Waals surface area contributed by atoms with Crippen molar-refractivity contribution in [2.45, 2.75) is 19.3 Å². The number of hydrogen-bond donors (Lipinski definition) is 2. The summed E-state index contributed by atoms with van der Waals surface area (Å²) in [5.74, 6) is -0.805. The Labute approximate surface area is 150 Å². The van der Waals surface area contributed by atoms with E-state index in [4.69, 9.17) is 9.47 Å². The second-order valence-corrected chi connectivity index (χ2v) is 6.05. The van der Waals surface area contributed by atoms with Gasteiger partial charge in [-0.05, 0) is 36.2 Å². The van der Waals surface area contributed by atoms with Crippen molar-refractivity contribution in [3.63, 3.8) is 0 Å². The molecule has 3 rings (SSSR count). The minimum Gasteiger partial charge on any atom is -0.493 e. The number of anilines is 2. The van der Waals surface area contributed by atoms with Crippen LogP contribution in [0.15, 0.2) is 30.3 Å². The third kappa shape index (κ3) is 3.33. The minimum atomic E-state index is -0.702. The predicted molar refractivity (Wildman–Crippen MR) is 95.3 cm³/mol. The monoisotopic (exact) mass is 358 g/mol. The van der Waals surface area contributed by atoms with Crippen molar-refractivity contribution >= 4 is 23.2 Å². The van der Waals surface area contributed by atoms with Crippen LogP contribution in [0.25, 0.3) is 0 Å². The first-order chi connectivity index (χ1) is 12.4. The summed E-state index contributed by atoms with van der Waals surface area (Å²) in [6, 6.07) is 7.44. The Hall–Kier alpha value is -3.09. The number of carbonyl (C=O) groups excluding carboxylic acids is 2. The topological polar surface area (TPSA) is 76.7 Å². The number of hydrogen-bond acceptors (Lipinski definition) is 4. The van der Waals surface area contributed by atoms with Crippen molar-refractivity contribution in [3.8, 4) is 11.5 Å². The fraction of sp³-hybridized carbons (Fsp3) is 0.263. The summed E-state index contributed by atoms with van der Waals surface area (Å²) in [5, 5.41) is 5.43. The van der Waals surface area contributed by atoms with Gasteiger partial charge < -0.3 is 20.1 Å². The second kappa shape index (κ2) is 7.03. The van der Waals surface area contributed by atoms with Crippen LogP contribution in [0.2, 0.25) is 0 Å². The maximum absolute atomic E-state index is 13.4. The van der Waals surface area contributed by atoms with E-state index in [0.717, 1.165) is 5.56 Å². The Balaban J connectivity index is 1.91. The lowest BCUT2D eigenvalue weighted by Crippen LogP contribution is -2.31. The van der Waals surface area contributed by atoms with E-state index >= 15 is 0 Å². The Morgan fingerprint density at radius 1 is 1.19 bits per heavy atom. The Kier molecular flexibility index (Phi) is 4.79. The fourth-order valence-corrected chi connectivity index (χ4v) is 3.01. The summed E-state index contributed by atoms with van der Waals surface area (Å²) in [7, 11) is 3.04. The summed E-state index contributed by atoms with van der Waals surface area (Å²) in [6.07, 6.45) is -0.00317. The third-order valence-electron chi connectivity index (χ3n) is 4.36. The summed E-state index contributed by atoms with van der Waals surface area (Å²) in [5.41, 5.74) is 2.25. The second-order valence-electron chi connectivity index (χ2n) is 6.05. The molecule has 0 bridgehead atoms. The van der Waals surface area contributed by atoms with Crippen molar-refractivity contribution in [1.82, 2.24) is 0 Å². The number of aryl methyl sites for hydroxylation is 1. The Bertz CT molecular complexity index is 882. The molecule has 0 saturated heterocycles. The number of carbonyl (C=O) groups is 2. The van der Waals surface area contributed by atoms with Crippen molar-refractivity contribution in [3.05, 3.63) is 47.3 Å². The van der Waals surface area contributed by atoms with Crippen LogP contribution in [0.1, 0.15) is 23.5 Å². The number of fused-ring (bicyclic) bond motifs is 1. The quantitative estimate of drug-likeness (QED) is 0.880. The molecule has 0 fully saturated rings. The molecule has 0 aromatic heterocycles. The number of rotatable bonds is 4. The van der Waals surface area contributed by atoms with Gasteiger partial charge in [-0.3, -0.25) is 9.59 Å². The van der Waals surface area contributed by atoms with Gasteiger partial charge in [0.05, 0.1) is 20.1 Å². The van der Waals surface area contributed by atoms with Crippen LogP contribution in [-0.4, -0.2) is 26.0 Å². The highest BCUT2D eigenvalue weighted by atomic mass is 19.1. The lowest BCUT2D eigenvalue weighted by atomic mass is 9.89. The standard InChI is InChI=1S/C19H19FN2O4/c1-10-6-16(25-2)17(26-3)9-14(10)22-19(24)13-8-18(23)21-15-7-11(20)4-5-12(13)15/h4-7,9,13H,8H2,1-3H3,(H,21,23)(H,22,24). The SMILES string of the molecule is COc1cc(C)c(NC(=O)C2CC(=O)Nc3cc(F)ccc32)cc1OC. The van der Waals surface area contributed by atoms with Gasteiger partial charge in [0.25, 0.3) is 0 Å². The van der Waals surface area contributed by atoms with Crippen molar-refractivity contribution in [2.75, 3.05) is 24.9 Å². The van der Waals surface area contributed by atoms with Gasteiger partial charge >= 0.3 is 0 Å². The molecular formula is C19H19FN2O4. The molecule has 0 radical (unpaired) electrons. The van der Waals surface area contributed by atoms with E-state index in [1.165, 1.54) is 32.4 Å². The molecule has 2 aromatic rings. The van der Waals surface area contributed by atoms with E-state index in [-0.39, 0.29) is 18.2 Å². The molecule has 1 aliphatic heterocycles. The highest BCUT2D eigenvalue weighted by molar-refractivity contribution is 6.05. The molecule has 1 heterocycles.